The van der Waals surface area contributed by atoms with Crippen LogP contribution in [0.25, 0.3) is 0 Å². The molecule has 0 bridgehead atoms. The van der Waals surface area contributed by atoms with E-state index >= 15 is 0 Å². The second kappa shape index (κ2) is 10.9. The monoisotopic (exact) mass is 420 g/mol. The Morgan fingerprint density at radius 1 is 0.839 bits per heavy atom. The first-order valence-corrected chi connectivity index (χ1v) is 10.2. The minimum atomic E-state index is -0.312. The fourth-order valence-electron chi connectivity index (χ4n) is 3.23. The second-order valence-electron chi connectivity index (χ2n) is 6.83. The first kappa shape index (κ1) is 22.0. The van der Waals surface area contributed by atoms with E-state index < -0.39 is 0 Å². The number of carbonyl (C=O) groups is 1. The molecule has 0 saturated heterocycles. The number of carbonyl (C=O) groups excluding carboxylic acids is 1. The third kappa shape index (κ3) is 5.92. The maximum atomic E-state index is 12.8. The summed E-state index contributed by atoms with van der Waals surface area (Å²) < 4.78 is 16.1. The summed E-state index contributed by atoms with van der Waals surface area (Å²) in [5.74, 6) is 2.11. The Hall–Kier alpha value is -3.67. The fraction of sp³-hybridized carbons (Fsp3) is 0.240. The SMILES string of the molecule is CCOc1ccccc1NCC(=O)NC(c1ccc(OC)cc1)c1ccc(OC)cc1. The number of benzene rings is 3. The summed E-state index contributed by atoms with van der Waals surface area (Å²) in [5.41, 5.74) is 2.69. The molecule has 0 aromatic heterocycles. The van der Waals surface area contributed by atoms with Crippen LogP contribution in [0.2, 0.25) is 0 Å². The predicted molar refractivity (Wildman–Crippen MR) is 122 cm³/mol. The average Bonchev–Trinajstić information content (AvgIpc) is 2.82. The van der Waals surface area contributed by atoms with Gasteiger partial charge in [0.15, 0.2) is 0 Å². The summed E-state index contributed by atoms with van der Waals surface area (Å²) in [6, 6.07) is 22.6. The predicted octanol–water partition coefficient (Wildman–Crippen LogP) is 4.42. The molecule has 6 nitrogen and oxygen atoms in total. The molecular weight excluding hydrogens is 392 g/mol. The van der Waals surface area contributed by atoms with Gasteiger partial charge in [0.1, 0.15) is 17.2 Å². The molecule has 0 aliphatic rings. The van der Waals surface area contributed by atoms with E-state index in [0.717, 1.165) is 34.1 Å². The summed E-state index contributed by atoms with van der Waals surface area (Å²) in [4.78, 5) is 12.8. The van der Waals surface area contributed by atoms with Gasteiger partial charge in [0.05, 0.1) is 39.1 Å². The first-order valence-electron chi connectivity index (χ1n) is 10.2. The lowest BCUT2D eigenvalue weighted by atomic mass is 9.98. The molecule has 0 spiro atoms. The van der Waals surface area contributed by atoms with Crippen LogP contribution in [0.15, 0.2) is 72.8 Å². The Morgan fingerprint density at radius 3 is 1.90 bits per heavy atom. The van der Waals surface area contributed by atoms with Crippen molar-refractivity contribution in [2.45, 2.75) is 13.0 Å². The van der Waals surface area contributed by atoms with Gasteiger partial charge in [0.25, 0.3) is 0 Å². The van der Waals surface area contributed by atoms with Crippen molar-refractivity contribution in [3.05, 3.63) is 83.9 Å². The van der Waals surface area contributed by atoms with Crippen LogP contribution in [0.1, 0.15) is 24.1 Å². The molecule has 3 aromatic carbocycles. The molecule has 0 unspecified atom stereocenters. The van der Waals surface area contributed by atoms with Crippen LogP contribution >= 0.6 is 0 Å². The van der Waals surface area contributed by atoms with Crippen molar-refractivity contribution in [2.24, 2.45) is 0 Å². The maximum absolute atomic E-state index is 12.8. The van der Waals surface area contributed by atoms with Crippen LogP contribution in [0, 0.1) is 0 Å². The summed E-state index contributed by atoms with van der Waals surface area (Å²) in [5, 5.41) is 6.29. The Bertz CT molecular complexity index is 924. The first-order chi connectivity index (χ1) is 15.1. The zero-order chi connectivity index (χ0) is 22.1. The molecule has 31 heavy (non-hydrogen) atoms. The van der Waals surface area contributed by atoms with Crippen LogP contribution in [0.3, 0.4) is 0 Å². The number of hydrogen-bond donors (Lipinski definition) is 2. The number of anilines is 1. The van der Waals surface area contributed by atoms with Crippen molar-refractivity contribution >= 4 is 11.6 Å². The zero-order valence-electron chi connectivity index (χ0n) is 18.1. The van der Waals surface area contributed by atoms with Gasteiger partial charge in [-0.3, -0.25) is 4.79 Å². The van der Waals surface area contributed by atoms with E-state index in [1.165, 1.54) is 0 Å². The van der Waals surface area contributed by atoms with Gasteiger partial charge in [0.2, 0.25) is 5.91 Å². The lowest BCUT2D eigenvalue weighted by molar-refractivity contribution is -0.119. The number of methoxy groups -OCH3 is 2. The molecule has 0 atom stereocenters. The molecule has 3 aromatic rings. The summed E-state index contributed by atoms with van der Waals surface area (Å²) in [6.45, 7) is 2.60. The highest BCUT2D eigenvalue weighted by Gasteiger charge is 2.17. The minimum Gasteiger partial charge on any atom is -0.497 e. The molecule has 0 radical (unpaired) electrons. The normalized spacial score (nSPS) is 10.5. The molecule has 0 aliphatic heterocycles. The van der Waals surface area contributed by atoms with Crippen LogP contribution in [0.5, 0.6) is 17.2 Å². The number of amides is 1. The van der Waals surface area contributed by atoms with Gasteiger partial charge in [-0.15, -0.1) is 0 Å². The van der Waals surface area contributed by atoms with Gasteiger partial charge >= 0.3 is 0 Å². The third-order valence-corrected chi connectivity index (χ3v) is 4.83. The van der Waals surface area contributed by atoms with E-state index in [-0.39, 0.29) is 18.5 Å². The van der Waals surface area contributed by atoms with Gasteiger partial charge in [-0.05, 0) is 54.4 Å². The Labute approximate surface area is 183 Å². The van der Waals surface area contributed by atoms with Crippen molar-refractivity contribution in [3.63, 3.8) is 0 Å². The molecule has 6 heteroatoms. The highest BCUT2D eigenvalue weighted by molar-refractivity contribution is 5.82. The van der Waals surface area contributed by atoms with E-state index in [4.69, 9.17) is 14.2 Å². The average molecular weight is 421 g/mol. The zero-order valence-corrected chi connectivity index (χ0v) is 18.1. The van der Waals surface area contributed by atoms with Gasteiger partial charge < -0.3 is 24.8 Å². The highest BCUT2D eigenvalue weighted by atomic mass is 16.5. The van der Waals surface area contributed by atoms with Crippen molar-refractivity contribution in [3.8, 4) is 17.2 Å². The molecule has 0 aliphatic carbocycles. The third-order valence-electron chi connectivity index (χ3n) is 4.83. The van der Waals surface area contributed by atoms with E-state index in [0.29, 0.717) is 6.61 Å². The summed E-state index contributed by atoms with van der Waals surface area (Å²) in [7, 11) is 3.26. The van der Waals surface area contributed by atoms with Crippen molar-refractivity contribution in [2.75, 3.05) is 32.7 Å². The molecule has 2 N–H and O–H groups in total. The standard InChI is InChI=1S/C25H28N2O4/c1-4-31-23-8-6-5-7-22(23)26-17-24(28)27-25(18-9-13-20(29-2)14-10-18)19-11-15-21(30-3)16-12-19/h5-16,25-26H,4,17H2,1-3H3,(H,27,28). The highest BCUT2D eigenvalue weighted by Crippen LogP contribution is 2.26. The van der Waals surface area contributed by atoms with Gasteiger partial charge in [0, 0.05) is 0 Å². The lowest BCUT2D eigenvalue weighted by Crippen LogP contribution is -2.34. The number of rotatable bonds is 10. The topological polar surface area (TPSA) is 68.8 Å². The molecule has 0 heterocycles. The number of para-hydroxylation sites is 2. The molecule has 0 saturated carbocycles. The molecule has 1 amide bonds. The Kier molecular flexibility index (Phi) is 7.76. The Morgan fingerprint density at radius 2 is 1.39 bits per heavy atom. The van der Waals surface area contributed by atoms with Crippen LogP contribution in [-0.2, 0) is 4.79 Å². The largest absolute Gasteiger partial charge is 0.497 e. The molecule has 162 valence electrons. The van der Waals surface area contributed by atoms with Crippen molar-refractivity contribution in [1.29, 1.82) is 0 Å². The number of nitrogens with one attached hydrogen (secondary N) is 2. The number of ether oxygens (including phenoxy) is 3. The maximum Gasteiger partial charge on any atom is 0.240 e. The van der Waals surface area contributed by atoms with Crippen molar-refractivity contribution in [1.82, 2.24) is 5.32 Å². The lowest BCUT2D eigenvalue weighted by Gasteiger charge is -2.21. The summed E-state index contributed by atoms with van der Waals surface area (Å²) in [6.07, 6.45) is 0. The Balaban J connectivity index is 1.76. The van der Waals surface area contributed by atoms with E-state index in [9.17, 15) is 4.79 Å². The van der Waals surface area contributed by atoms with Crippen LogP contribution < -0.4 is 24.8 Å². The number of hydrogen-bond acceptors (Lipinski definition) is 5. The van der Waals surface area contributed by atoms with E-state index in [1.54, 1.807) is 14.2 Å². The summed E-state index contributed by atoms with van der Waals surface area (Å²) >= 11 is 0. The van der Waals surface area contributed by atoms with E-state index in [2.05, 4.69) is 10.6 Å². The van der Waals surface area contributed by atoms with Crippen LogP contribution in [0.4, 0.5) is 5.69 Å². The van der Waals surface area contributed by atoms with Crippen molar-refractivity contribution < 1.29 is 19.0 Å². The molecule has 0 fully saturated rings. The van der Waals surface area contributed by atoms with Gasteiger partial charge in [-0.25, -0.2) is 0 Å². The van der Waals surface area contributed by atoms with Gasteiger partial charge in [-0.2, -0.15) is 0 Å². The fourth-order valence-corrected chi connectivity index (χ4v) is 3.23. The second-order valence-corrected chi connectivity index (χ2v) is 6.83. The smallest absolute Gasteiger partial charge is 0.240 e. The molecule has 3 rings (SSSR count). The minimum absolute atomic E-state index is 0.118. The van der Waals surface area contributed by atoms with Crippen LogP contribution in [-0.4, -0.2) is 33.3 Å². The van der Waals surface area contributed by atoms with E-state index in [1.807, 2.05) is 79.7 Å². The molecular formula is C25H28N2O4. The quantitative estimate of drug-likeness (QED) is 0.508. The van der Waals surface area contributed by atoms with Gasteiger partial charge in [-0.1, -0.05) is 36.4 Å².